The number of likely N-dealkylation sites (tertiary alicyclic amines) is 1. The van der Waals surface area contributed by atoms with Crippen molar-refractivity contribution < 1.29 is 27.8 Å². The second-order valence-corrected chi connectivity index (χ2v) is 17.0. The van der Waals surface area contributed by atoms with E-state index in [4.69, 9.17) is 32.4 Å². The van der Waals surface area contributed by atoms with Gasteiger partial charge in [0, 0.05) is 74.5 Å². The number of carbonyl (C=O) groups excluding carboxylic acids is 1. The maximum atomic E-state index is 13.4. The molecule has 3 fully saturated rings. The van der Waals surface area contributed by atoms with Crippen LogP contribution in [-0.2, 0) is 24.4 Å². The first-order valence-electron chi connectivity index (χ1n) is 20.2. The van der Waals surface area contributed by atoms with Crippen molar-refractivity contribution in [1.82, 2.24) is 10.2 Å². The van der Waals surface area contributed by atoms with Gasteiger partial charge in [0.25, 0.3) is 0 Å². The van der Waals surface area contributed by atoms with Gasteiger partial charge in [0.05, 0.1) is 24.3 Å². The Labute approximate surface area is 343 Å². The number of Topliss-reactive ketones (excluding diaryl/α,β-unsaturated/α-hetero) is 1. The zero-order chi connectivity index (χ0) is 40.4. The van der Waals surface area contributed by atoms with Gasteiger partial charge in [-0.3, -0.25) is 4.79 Å². The van der Waals surface area contributed by atoms with Crippen molar-refractivity contribution in [2.75, 3.05) is 32.8 Å². The van der Waals surface area contributed by atoms with Gasteiger partial charge in [-0.05, 0) is 109 Å². The highest BCUT2D eigenvalue weighted by atomic mass is 35.5. The monoisotopic (exact) mass is 804 g/mol. The first kappa shape index (κ1) is 39.8. The first-order valence-corrected chi connectivity index (χ1v) is 20.6. The lowest BCUT2D eigenvalue weighted by molar-refractivity contribution is -0.213. The number of hydrogen-bond donors (Lipinski definition) is 1. The van der Waals surface area contributed by atoms with Crippen LogP contribution in [0.4, 0.5) is 14.5 Å². The van der Waals surface area contributed by atoms with Gasteiger partial charge in [0.1, 0.15) is 35.7 Å². The summed E-state index contributed by atoms with van der Waals surface area (Å²) in [6.07, 6.45) is 4.39. The molecule has 0 amide bonds. The predicted molar refractivity (Wildman–Crippen MR) is 219 cm³/mol. The van der Waals surface area contributed by atoms with Gasteiger partial charge in [0.2, 0.25) is 5.92 Å². The molecule has 4 aromatic rings. The third-order valence-corrected chi connectivity index (χ3v) is 12.5. The van der Waals surface area contributed by atoms with Crippen molar-refractivity contribution in [3.8, 4) is 34.4 Å². The van der Waals surface area contributed by atoms with Gasteiger partial charge >= 0.3 is 0 Å². The quantitative estimate of drug-likeness (QED) is 0.0946. The first-order chi connectivity index (χ1) is 28.0. The minimum Gasteiger partial charge on any atom is -0.493 e. The molecule has 2 atom stereocenters. The fourth-order valence-electron chi connectivity index (χ4n) is 9.47. The zero-order valence-electron chi connectivity index (χ0n) is 32.7. The van der Waals surface area contributed by atoms with E-state index in [1.807, 2.05) is 24.3 Å². The fourth-order valence-corrected chi connectivity index (χ4v) is 9.70. The summed E-state index contributed by atoms with van der Waals surface area (Å²) < 4.78 is 46.2. The van der Waals surface area contributed by atoms with Crippen LogP contribution in [0.5, 0.6) is 17.2 Å². The Hall–Kier alpha value is -5.00. The Kier molecular flexibility index (Phi) is 11.5. The predicted octanol–water partition coefficient (Wildman–Crippen LogP) is 10.3. The molecule has 8 rings (SSSR count). The van der Waals surface area contributed by atoms with Crippen molar-refractivity contribution >= 4 is 23.1 Å². The molecule has 8 nitrogen and oxygen atoms in total. The Morgan fingerprint density at radius 1 is 1.00 bits per heavy atom. The van der Waals surface area contributed by atoms with Gasteiger partial charge in [-0.2, -0.15) is 5.26 Å². The molecule has 1 N–H and O–H groups in total. The molecule has 58 heavy (non-hydrogen) atoms. The average molecular weight is 805 g/mol. The summed E-state index contributed by atoms with van der Waals surface area (Å²) >= 11 is 6.94. The van der Waals surface area contributed by atoms with E-state index < -0.39 is 5.92 Å². The zero-order valence-corrected chi connectivity index (χ0v) is 33.5. The molecule has 0 radical (unpaired) electrons. The maximum absolute atomic E-state index is 13.4. The Morgan fingerprint density at radius 3 is 2.57 bits per heavy atom. The van der Waals surface area contributed by atoms with Crippen molar-refractivity contribution in [3.63, 3.8) is 0 Å². The summed E-state index contributed by atoms with van der Waals surface area (Å²) in [5.74, 6) is 0.0780. The van der Waals surface area contributed by atoms with Gasteiger partial charge < -0.3 is 24.4 Å². The number of fused-ring (bicyclic) bond motifs is 1. The standard InChI is InChI=1S/C47H47ClF2N4O4/c1-30-37(6-4-9-42(30)56-15-5-14-54-28-46(29-54)26-47(49,50)27-46)38-7-3-8-40-39(38)12-13-43(40)58-45-21-44(57-25-33-16-32(22-51)17-35(18-33)52-2)34(20-41(45)48)24-53-23-31-10-11-36(55)19-31/h3-4,6-9,16-18,20-21,31,43,53H,5,10-15,19,23-29H2,1H3/t31-,43-/m0/s1. The summed E-state index contributed by atoms with van der Waals surface area (Å²) in [5, 5.41) is 13.5. The highest BCUT2D eigenvalue weighted by molar-refractivity contribution is 6.32. The Bertz CT molecular complexity index is 2250. The van der Waals surface area contributed by atoms with E-state index in [1.165, 1.54) is 5.56 Å². The molecule has 3 aliphatic carbocycles. The van der Waals surface area contributed by atoms with Crippen molar-refractivity contribution in [2.45, 2.75) is 83.5 Å². The highest BCUT2D eigenvalue weighted by Gasteiger charge is 2.61. The van der Waals surface area contributed by atoms with Crippen molar-refractivity contribution in [2.24, 2.45) is 11.3 Å². The molecule has 2 saturated carbocycles. The summed E-state index contributed by atoms with van der Waals surface area (Å²) in [4.78, 5) is 17.6. The van der Waals surface area contributed by atoms with Crippen molar-refractivity contribution in [3.05, 3.63) is 117 Å². The topological polar surface area (TPSA) is 88.2 Å². The highest BCUT2D eigenvalue weighted by Crippen LogP contribution is 2.56. The van der Waals surface area contributed by atoms with Crippen LogP contribution in [0, 0.1) is 36.2 Å². The second-order valence-electron chi connectivity index (χ2n) is 16.6. The van der Waals surface area contributed by atoms with Crippen molar-refractivity contribution in [1.29, 1.82) is 5.26 Å². The van der Waals surface area contributed by atoms with Crippen LogP contribution in [0.15, 0.2) is 66.7 Å². The third-order valence-electron chi connectivity index (χ3n) is 12.2. The molecule has 0 aromatic heterocycles. The van der Waals surface area contributed by atoms with Gasteiger partial charge in [-0.1, -0.05) is 41.9 Å². The number of nitriles is 1. The number of hydrogen-bond acceptors (Lipinski definition) is 7. The fraction of sp³-hybridized carbons (Fsp3) is 0.426. The molecule has 1 heterocycles. The lowest BCUT2D eigenvalue weighted by Crippen LogP contribution is -2.65. The molecule has 4 aromatic carbocycles. The van der Waals surface area contributed by atoms with E-state index in [0.717, 1.165) is 78.9 Å². The SMILES string of the molecule is [C-]#[N+]c1cc(C#N)cc(COc2cc(O[C@H]3CCc4c(-c5cccc(OCCCN6CC7(C6)CC(F)(F)C7)c5C)cccc43)c(Cl)cc2CNC[C@H]2CCC(=O)C2)c1. The minimum absolute atomic E-state index is 0.0323. The average Bonchev–Trinajstić information content (AvgIpc) is 3.80. The normalized spacial score (nSPS) is 20.1. The summed E-state index contributed by atoms with van der Waals surface area (Å²) in [5.41, 5.74) is 7.82. The Morgan fingerprint density at radius 2 is 1.81 bits per heavy atom. The molecule has 0 bridgehead atoms. The number of ether oxygens (including phenoxy) is 3. The van der Waals surface area contributed by atoms with Crippen LogP contribution in [0.2, 0.25) is 5.02 Å². The van der Waals surface area contributed by atoms with Gasteiger partial charge in [-0.15, -0.1) is 0 Å². The number of benzene rings is 4. The molecule has 4 aliphatic rings. The van der Waals surface area contributed by atoms with E-state index in [0.29, 0.717) is 77.6 Å². The molecule has 1 aliphatic heterocycles. The van der Waals surface area contributed by atoms with Crippen LogP contribution < -0.4 is 19.5 Å². The molecular weight excluding hydrogens is 758 g/mol. The lowest BCUT2D eigenvalue weighted by atomic mass is 9.61. The van der Waals surface area contributed by atoms with E-state index in [1.54, 1.807) is 18.2 Å². The number of nitrogens with zero attached hydrogens (tertiary/aromatic N) is 3. The third kappa shape index (κ3) is 8.71. The largest absolute Gasteiger partial charge is 0.493 e. The lowest BCUT2D eigenvalue weighted by Gasteiger charge is -2.58. The molecule has 11 heteroatoms. The maximum Gasteiger partial charge on any atom is 0.249 e. The van der Waals surface area contributed by atoms with Gasteiger partial charge in [0.15, 0.2) is 5.69 Å². The molecule has 1 spiro atoms. The van der Waals surface area contributed by atoms with E-state index >= 15 is 0 Å². The molecule has 1 saturated heterocycles. The number of alkyl halides is 2. The Balaban J connectivity index is 0.952. The van der Waals surface area contributed by atoms with Crippen LogP contribution in [-0.4, -0.2) is 49.4 Å². The van der Waals surface area contributed by atoms with Gasteiger partial charge in [-0.25, -0.2) is 13.6 Å². The van der Waals surface area contributed by atoms with E-state index in [2.05, 4.69) is 52.3 Å². The summed E-state index contributed by atoms with van der Waals surface area (Å²) in [6, 6.07) is 23.3. The van der Waals surface area contributed by atoms with Crippen LogP contribution in [0.25, 0.3) is 16.0 Å². The smallest absolute Gasteiger partial charge is 0.249 e. The number of carbonyl (C=O) groups is 1. The van der Waals surface area contributed by atoms with Crippen LogP contribution in [0.1, 0.15) is 84.4 Å². The molecular formula is C47H47ClF2N4O4. The van der Waals surface area contributed by atoms with E-state index in [-0.39, 0.29) is 31.0 Å². The number of halogens is 3. The molecule has 300 valence electrons. The summed E-state index contributed by atoms with van der Waals surface area (Å²) in [7, 11) is 0. The summed E-state index contributed by atoms with van der Waals surface area (Å²) in [6.45, 7) is 13.8. The number of rotatable bonds is 15. The second kappa shape index (κ2) is 16.7. The van der Waals surface area contributed by atoms with Crippen LogP contribution >= 0.6 is 11.6 Å². The van der Waals surface area contributed by atoms with E-state index in [9.17, 15) is 18.8 Å². The minimum atomic E-state index is -2.47. The number of nitrogens with one attached hydrogen (secondary N) is 1. The number of ketones is 1. The van der Waals surface area contributed by atoms with Crippen LogP contribution in [0.3, 0.4) is 0 Å². The molecule has 0 unspecified atom stereocenters.